The summed E-state index contributed by atoms with van der Waals surface area (Å²) in [6.07, 6.45) is 6.69. The highest BCUT2D eigenvalue weighted by atomic mass is 35.5. The van der Waals surface area contributed by atoms with Gasteiger partial charge < -0.3 is 9.64 Å². The average Bonchev–Trinajstić information content (AvgIpc) is 2.95. The van der Waals surface area contributed by atoms with Crippen LogP contribution in [0.25, 0.3) is 5.57 Å². The Morgan fingerprint density at radius 3 is 2.17 bits per heavy atom. The number of carbonyl (C=O) groups excluding carboxylic acids is 2. The number of ether oxygens (including phenoxy) is 1. The zero-order valence-corrected chi connectivity index (χ0v) is 19.1. The van der Waals surface area contributed by atoms with Gasteiger partial charge in [0.2, 0.25) is 0 Å². The highest BCUT2D eigenvalue weighted by Crippen LogP contribution is 2.34. The number of carbonyl (C=O) groups is 2. The standard InChI is InChI=1S/C24H33ClN2O3/c1-4-5-6-7-8-9-14-27-23(28)21(19-10-12-20(25)13-11-19)22(24(27)29)26-15-17(2)30-18(3)16-26/h10-13,17-18H,4-9,14-16H2,1-3H3. The van der Waals surface area contributed by atoms with E-state index in [4.69, 9.17) is 16.3 Å². The smallest absolute Gasteiger partial charge is 0.277 e. The Labute approximate surface area is 185 Å². The molecule has 0 radical (unpaired) electrons. The summed E-state index contributed by atoms with van der Waals surface area (Å²) in [4.78, 5) is 30.2. The summed E-state index contributed by atoms with van der Waals surface area (Å²) < 4.78 is 5.84. The molecule has 1 fully saturated rings. The van der Waals surface area contributed by atoms with Crippen LogP contribution in [0.4, 0.5) is 0 Å². The van der Waals surface area contributed by atoms with Gasteiger partial charge in [-0.15, -0.1) is 0 Å². The Hall–Kier alpha value is -1.85. The van der Waals surface area contributed by atoms with E-state index in [9.17, 15) is 9.59 Å². The fourth-order valence-corrected chi connectivity index (χ4v) is 4.47. The zero-order valence-electron chi connectivity index (χ0n) is 18.3. The lowest BCUT2D eigenvalue weighted by molar-refractivity contribution is -0.138. The van der Waals surface area contributed by atoms with E-state index in [-0.39, 0.29) is 24.0 Å². The van der Waals surface area contributed by atoms with Crippen LogP contribution < -0.4 is 0 Å². The van der Waals surface area contributed by atoms with Crippen LogP contribution in [-0.4, -0.2) is 53.5 Å². The summed E-state index contributed by atoms with van der Waals surface area (Å²) >= 11 is 6.05. The van der Waals surface area contributed by atoms with Gasteiger partial charge in [0.05, 0.1) is 17.8 Å². The van der Waals surface area contributed by atoms with Crippen LogP contribution in [0.3, 0.4) is 0 Å². The second-order valence-corrected chi connectivity index (χ2v) is 8.86. The first kappa shape index (κ1) is 22.8. The molecule has 2 heterocycles. The molecule has 0 aromatic heterocycles. The monoisotopic (exact) mass is 432 g/mol. The minimum atomic E-state index is -0.197. The van der Waals surface area contributed by atoms with Crippen LogP contribution in [0.2, 0.25) is 5.02 Å². The molecule has 2 atom stereocenters. The molecular weight excluding hydrogens is 400 g/mol. The molecule has 0 bridgehead atoms. The van der Waals surface area contributed by atoms with Crippen molar-refractivity contribution in [3.63, 3.8) is 0 Å². The van der Waals surface area contributed by atoms with Crippen molar-refractivity contribution in [2.24, 2.45) is 0 Å². The number of morpholine rings is 1. The lowest BCUT2D eigenvalue weighted by atomic mass is 10.0. The van der Waals surface area contributed by atoms with E-state index in [0.717, 1.165) is 24.8 Å². The number of rotatable bonds is 9. The zero-order chi connectivity index (χ0) is 21.7. The number of halogens is 1. The molecule has 2 unspecified atom stereocenters. The van der Waals surface area contributed by atoms with Crippen molar-refractivity contribution in [1.29, 1.82) is 0 Å². The third kappa shape index (κ3) is 5.25. The van der Waals surface area contributed by atoms with E-state index in [0.29, 0.717) is 35.9 Å². The maximum absolute atomic E-state index is 13.4. The van der Waals surface area contributed by atoms with Gasteiger partial charge >= 0.3 is 0 Å². The summed E-state index contributed by atoms with van der Waals surface area (Å²) in [5.74, 6) is -0.377. The minimum Gasteiger partial charge on any atom is -0.372 e. The quantitative estimate of drug-likeness (QED) is 0.411. The molecule has 0 saturated carbocycles. The Kier molecular flexibility index (Phi) is 7.95. The average molecular weight is 433 g/mol. The second-order valence-electron chi connectivity index (χ2n) is 8.42. The van der Waals surface area contributed by atoms with Crippen LogP contribution in [0.5, 0.6) is 0 Å². The van der Waals surface area contributed by atoms with Gasteiger partial charge in [-0.05, 0) is 38.0 Å². The molecule has 6 heteroatoms. The van der Waals surface area contributed by atoms with Crippen LogP contribution in [-0.2, 0) is 14.3 Å². The summed E-state index contributed by atoms with van der Waals surface area (Å²) in [5.41, 5.74) is 1.74. The number of hydrogen-bond acceptors (Lipinski definition) is 4. The third-order valence-corrected chi connectivity index (χ3v) is 6.00. The molecular formula is C24H33ClN2O3. The molecule has 3 rings (SSSR count). The molecule has 2 aliphatic heterocycles. The number of hydrogen-bond donors (Lipinski definition) is 0. The number of imide groups is 1. The van der Waals surface area contributed by atoms with E-state index < -0.39 is 0 Å². The van der Waals surface area contributed by atoms with Crippen LogP contribution in [0.15, 0.2) is 30.0 Å². The van der Waals surface area contributed by atoms with E-state index in [1.165, 1.54) is 24.2 Å². The van der Waals surface area contributed by atoms with Gasteiger partial charge in [-0.25, -0.2) is 0 Å². The summed E-state index contributed by atoms with van der Waals surface area (Å²) in [5, 5.41) is 0.607. The van der Waals surface area contributed by atoms with Gasteiger partial charge in [0.1, 0.15) is 5.70 Å². The minimum absolute atomic E-state index is 0.00300. The predicted octanol–water partition coefficient (Wildman–Crippen LogP) is 4.89. The lowest BCUT2D eigenvalue weighted by Gasteiger charge is -2.37. The Morgan fingerprint density at radius 1 is 0.933 bits per heavy atom. The number of amides is 2. The van der Waals surface area contributed by atoms with Gasteiger partial charge in [-0.3, -0.25) is 14.5 Å². The first-order chi connectivity index (χ1) is 14.4. The molecule has 1 saturated heterocycles. The van der Waals surface area contributed by atoms with Crippen LogP contribution in [0, 0.1) is 0 Å². The van der Waals surface area contributed by atoms with Gasteiger partial charge in [-0.2, -0.15) is 0 Å². The van der Waals surface area contributed by atoms with Crippen LogP contribution in [0.1, 0.15) is 64.9 Å². The maximum Gasteiger partial charge on any atom is 0.277 e. The Balaban J connectivity index is 1.83. The van der Waals surface area contributed by atoms with Crippen molar-refractivity contribution in [1.82, 2.24) is 9.80 Å². The first-order valence-corrected chi connectivity index (χ1v) is 11.6. The molecule has 0 aliphatic carbocycles. The first-order valence-electron chi connectivity index (χ1n) is 11.2. The van der Waals surface area contributed by atoms with E-state index in [2.05, 4.69) is 6.92 Å². The highest BCUT2D eigenvalue weighted by Gasteiger charge is 2.42. The van der Waals surface area contributed by atoms with E-state index in [1.807, 2.05) is 30.9 Å². The molecule has 5 nitrogen and oxygen atoms in total. The molecule has 0 spiro atoms. The van der Waals surface area contributed by atoms with E-state index in [1.54, 1.807) is 12.1 Å². The molecule has 2 aliphatic rings. The molecule has 2 amide bonds. The fourth-order valence-electron chi connectivity index (χ4n) is 4.35. The Bertz CT molecular complexity index is 780. The van der Waals surface area contributed by atoms with E-state index >= 15 is 0 Å². The molecule has 164 valence electrons. The molecule has 1 aromatic carbocycles. The highest BCUT2D eigenvalue weighted by molar-refractivity contribution is 6.36. The summed E-state index contributed by atoms with van der Waals surface area (Å²) in [6.45, 7) is 7.86. The number of unbranched alkanes of at least 4 members (excludes halogenated alkanes) is 5. The van der Waals surface area contributed by atoms with Crippen molar-refractivity contribution in [2.75, 3.05) is 19.6 Å². The largest absolute Gasteiger partial charge is 0.372 e. The van der Waals surface area contributed by atoms with Crippen molar-refractivity contribution in [3.05, 3.63) is 40.5 Å². The molecule has 1 aromatic rings. The summed E-state index contributed by atoms with van der Waals surface area (Å²) in [7, 11) is 0. The van der Waals surface area contributed by atoms with Crippen molar-refractivity contribution < 1.29 is 14.3 Å². The number of nitrogens with zero attached hydrogens (tertiary/aromatic N) is 2. The van der Waals surface area contributed by atoms with Crippen molar-refractivity contribution in [2.45, 2.75) is 71.5 Å². The maximum atomic E-state index is 13.4. The summed E-state index contributed by atoms with van der Waals surface area (Å²) in [6, 6.07) is 7.18. The second kappa shape index (κ2) is 10.5. The van der Waals surface area contributed by atoms with Crippen LogP contribution >= 0.6 is 11.6 Å². The normalized spacial score (nSPS) is 22.4. The molecule has 30 heavy (non-hydrogen) atoms. The number of benzene rings is 1. The van der Waals surface area contributed by atoms with Gasteiger partial charge in [0, 0.05) is 24.7 Å². The van der Waals surface area contributed by atoms with Crippen molar-refractivity contribution >= 4 is 29.0 Å². The predicted molar refractivity (Wildman–Crippen MR) is 120 cm³/mol. The SMILES string of the molecule is CCCCCCCCN1C(=O)C(c2ccc(Cl)cc2)=C(N2CC(C)OC(C)C2)C1=O. The third-order valence-electron chi connectivity index (χ3n) is 5.75. The van der Waals surface area contributed by atoms with Gasteiger partial charge in [0.25, 0.3) is 11.8 Å². The Morgan fingerprint density at radius 2 is 1.53 bits per heavy atom. The molecule has 0 N–H and O–H groups in total. The fraction of sp³-hybridized carbons (Fsp3) is 0.583. The topological polar surface area (TPSA) is 49.9 Å². The van der Waals surface area contributed by atoms with Crippen molar-refractivity contribution in [3.8, 4) is 0 Å². The van der Waals surface area contributed by atoms with Gasteiger partial charge in [0.15, 0.2) is 0 Å². The van der Waals surface area contributed by atoms with Gasteiger partial charge in [-0.1, -0.05) is 62.8 Å². The lowest BCUT2D eigenvalue weighted by Crippen LogP contribution is -2.47.